The number of carbonyl (C=O) groups excluding carboxylic acids is 1. The maximum Gasteiger partial charge on any atom is 0.257 e. The predicted octanol–water partition coefficient (Wildman–Crippen LogP) is 2.70. The number of thiocarbonyl (C=S) groups is 1. The summed E-state index contributed by atoms with van der Waals surface area (Å²) < 4.78 is 6.04. The van der Waals surface area contributed by atoms with E-state index in [2.05, 4.69) is 40.1 Å². The quantitative estimate of drug-likeness (QED) is 0.460. The van der Waals surface area contributed by atoms with Crippen LogP contribution in [0.2, 0.25) is 0 Å². The number of methoxy groups -OCH3 is 1. The second-order valence-electron chi connectivity index (χ2n) is 3.91. The summed E-state index contributed by atoms with van der Waals surface area (Å²) in [6.45, 7) is 2.87. The van der Waals surface area contributed by atoms with Crippen molar-refractivity contribution in [2.45, 2.75) is 19.8 Å². The van der Waals surface area contributed by atoms with E-state index in [0.717, 1.165) is 28.7 Å². The molecule has 1 aromatic carbocycles. The van der Waals surface area contributed by atoms with E-state index in [1.54, 1.807) is 25.3 Å². The Morgan fingerprint density at radius 3 is 2.79 bits per heavy atom. The average Bonchev–Trinajstić information content (AvgIpc) is 2.38. The first-order valence-electron chi connectivity index (χ1n) is 6.01. The minimum Gasteiger partial charge on any atom is -0.496 e. The molecule has 0 aliphatic heterocycles. The largest absolute Gasteiger partial charge is 0.496 e. The van der Waals surface area contributed by atoms with E-state index in [1.807, 2.05) is 0 Å². The molecule has 0 saturated heterocycles. The fourth-order valence-electron chi connectivity index (χ4n) is 1.41. The summed E-state index contributed by atoms with van der Waals surface area (Å²) in [7, 11) is 1.60. The zero-order valence-corrected chi connectivity index (χ0v) is 13.9. The van der Waals surface area contributed by atoms with Crippen molar-refractivity contribution in [2.75, 3.05) is 13.7 Å². The number of hydrogen-bond donors (Lipinski definition) is 2. The van der Waals surface area contributed by atoms with Gasteiger partial charge >= 0.3 is 0 Å². The van der Waals surface area contributed by atoms with E-state index >= 15 is 0 Å². The van der Waals surface area contributed by atoms with Gasteiger partial charge < -0.3 is 10.1 Å². The van der Waals surface area contributed by atoms with Crippen LogP contribution < -0.4 is 15.4 Å². The van der Waals surface area contributed by atoms with Crippen LogP contribution in [0.15, 0.2) is 18.2 Å². The summed E-state index contributed by atoms with van der Waals surface area (Å²) >= 11 is 7.18. The number of benzene rings is 1. The van der Waals surface area contributed by atoms with Gasteiger partial charge in [-0.3, -0.25) is 10.1 Å². The van der Waals surface area contributed by atoms with E-state index in [-0.39, 0.29) is 5.91 Å². The SMILES string of the molecule is CCCCNC(=S)NC(=O)c1ccc(OC)c(I)c1. The molecule has 0 radical (unpaired) electrons. The van der Waals surface area contributed by atoms with Gasteiger partial charge in [-0.2, -0.15) is 0 Å². The molecule has 1 amide bonds. The van der Waals surface area contributed by atoms with Gasteiger partial charge in [0.05, 0.1) is 10.7 Å². The van der Waals surface area contributed by atoms with Gasteiger partial charge in [0.15, 0.2) is 5.11 Å². The summed E-state index contributed by atoms with van der Waals surface area (Å²) in [6.07, 6.45) is 2.11. The van der Waals surface area contributed by atoms with Gasteiger partial charge in [-0.15, -0.1) is 0 Å². The molecule has 6 heteroatoms. The van der Waals surface area contributed by atoms with Gasteiger partial charge in [0.25, 0.3) is 5.91 Å². The number of unbranched alkanes of at least 4 members (excludes halogenated alkanes) is 1. The van der Waals surface area contributed by atoms with Gasteiger partial charge in [0.1, 0.15) is 5.75 Å². The fraction of sp³-hybridized carbons (Fsp3) is 0.385. The predicted molar refractivity (Wildman–Crippen MR) is 88.7 cm³/mol. The number of carbonyl (C=O) groups is 1. The summed E-state index contributed by atoms with van der Waals surface area (Å²) in [5, 5.41) is 6.02. The minimum absolute atomic E-state index is 0.213. The first-order chi connectivity index (χ1) is 9.08. The molecule has 0 aliphatic carbocycles. The molecule has 0 spiro atoms. The van der Waals surface area contributed by atoms with Gasteiger partial charge in [0, 0.05) is 12.1 Å². The van der Waals surface area contributed by atoms with Crippen molar-refractivity contribution in [2.24, 2.45) is 0 Å². The van der Waals surface area contributed by atoms with Crippen LogP contribution in [0.25, 0.3) is 0 Å². The first kappa shape index (κ1) is 16.2. The number of amides is 1. The van der Waals surface area contributed by atoms with Crippen molar-refractivity contribution >= 4 is 45.8 Å². The maximum absolute atomic E-state index is 12.0. The molecule has 0 atom stereocenters. The summed E-state index contributed by atoms with van der Waals surface area (Å²) in [4.78, 5) is 12.0. The molecule has 2 N–H and O–H groups in total. The molecular formula is C13H17IN2O2S. The molecule has 0 aromatic heterocycles. The maximum atomic E-state index is 12.0. The third-order valence-electron chi connectivity index (χ3n) is 2.46. The van der Waals surface area contributed by atoms with Crippen LogP contribution in [0, 0.1) is 3.57 Å². The Labute approximate surface area is 132 Å². The average molecular weight is 392 g/mol. The molecule has 0 aliphatic rings. The van der Waals surface area contributed by atoms with Crippen LogP contribution in [0.1, 0.15) is 30.1 Å². The Morgan fingerprint density at radius 2 is 2.21 bits per heavy atom. The Balaban J connectivity index is 2.58. The Kier molecular flexibility index (Phi) is 7.07. The molecule has 1 rings (SSSR count). The Morgan fingerprint density at radius 1 is 1.47 bits per heavy atom. The van der Waals surface area contributed by atoms with Crippen LogP contribution in [0.4, 0.5) is 0 Å². The highest BCUT2D eigenvalue weighted by Gasteiger charge is 2.10. The van der Waals surface area contributed by atoms with Crippen LogP contribution in [0.5, 0.6) is 5.75 Å². The number of hydrogen-bond acceptors (Lipinski definition) is 3. The van der Waals surface area contributed by atoms with Crippen LogP contribution in [-0.4, -0.2) is 24.7 Å². The highest BCUT2D eigenvalue weighted by molar-refractivity contribution is 14.1. The van der Waals surface area contributed by atoms with Gasteiger partial charge in [-0.1, -0.05) is 13.3 Å². The van der Waals surface area contributed by atoms with E-state index < -0.39 is 0 Å². The van der Waals surface area contributed by atoms with E-state index in [9.17, 15) is 4.79 Å². The topological polar surface area (TPSA) is 50.4 Å². The van der Waals surface area contributed by atoms with E-state index in [1.165, 1.54) is 0 Å². The Hall–Kier alpha value is -0.890. The molecule has 19 heavy (non-hydrogen) atoms. The third kappa shape index (κ3) is 5.32. The molecule has 0 heterocycles. The molecule has 104 valence electrons. The van der Waals surface area contributed by atoms with Crippen LogP contribution >= 0.6 is 34.8 Å². The number of halogens is 1. The van der Waals surface area contributed by atoms with Crippen molar-refractivity contribution in [3.63, 3.8) is 0 Å². The van der Waals surface area contributed by atoms with Crippen molar-refractivity contribution in [1.82, 2.24) is 10.6 Å². The van der Waals surface area contributed by atoms with Crippen molar-refractivity contribution in [1.29, 1.82) is 0 Å². The fourth-order valence-corrected chi connectivity index (χ4v) is 2.34. The number of nitrogens with one attached hydrogen (secondary N) is 2. The summed E-state index contributed by atoms with van der Waals surface area (Å²) in [5.74, 6) is 0.537. The highest BCUT2D eigenvalue weighted by atomic mass is 127. The van der Waals surface area contributed by atoms with Gasteiger partial charge in [-0.05, 0) is 59.4 Å². The lowest BCUT2D eigenvalue weighted by Crippen LogP contribution is -2.39. The lowest BCUT2D eigenvalue weighted by molar-refractivity contribution is 0.0976. The molecular weight excluding hydrogens is 375 g/mol. The Bertz CT molecular complexity index is 466. The lowest BCUT2D eigenvalue weighted by Gasteiger charge is -2.10. The lowest BCUT2D eigenvalue weighted by atomic mass is 10.2. The molecule has 1 aromatic rings. The van der Waals surface area contributed by atoms with Gasteiger partial charge in [-0.25, -0.2) is 0 Å². The third-order valence-corrected chi connectivity index (χ3v) is 3.55. The van der Waals surface area contributed by atoms with Crippen LogP contribution in [-0.2, 0) is 0 Å². The van der Waals surface area contributed by atoms with Gasteiger partial charge in [0.2, 0.25) is 0 Å². The van der Waals surface area contributed by atoms with E-state index in [4.69, 9.17) is 17.0 Å². The zero-order valence-electron chi connectivity index (χ0n) is 11.0. The second kappa shape index (κ2) is 8.31. The summed E-state index contributed by atoms with van der Waals surface area (Å²) in [6, 6.07) is 5.25. The monoisotopic (exact) mass is 392 g/mol. The zero-order chi connectivity index (χ0) is 14.3. The molecule has 0 saturated carbocycles. The highest BCUT2D eigenvalue weighted by Crippen LogP contribution is 2.21. The van der Waals surface area contributed by atoms with E-state index in [0.29, 0.717) is 10.7 Å². The van der Waals surface area contributed by atoms with Crippen molar-refractivity contribution in [3.05, 3.63) is 27.3 Å². The molecule has 0 bridgehead atoms. The number of rotatable bonds is 5. The van der Waals surface area contributed by atoms with Crippen LogP contribution in [0.3, 0.4) is 0 Å². The first-order valence-corrected chi connectivity index (χ1v) is 7.50. The van der Waals surface area contributed by atoms with Crippen molar-refractivity contribution in [3.8, 4) is 5.75 Å². The summed E-state index contributed by atoms with van der Waals surface area (Å²) in [5.41, 5.74) is 0.560. The normalized spacial score (nSPS) is 9.84. The molecule has 0 fully saturated rings. The molecule has 0 unspecified atom stereocenters. The standard InChI is InChI=1S/C13H17IN2O2S/c1-3-4-7-15-13(19)16-12(17)9-5-6-11(18-2)10(14)8-9/h5-6,8H,3-4,7H2,1-2H3,(H2,15,16,17,19). The second-order valence-corrected chi connectivity index (χ2v) is 5.48. The molecule has 4 nitrogen and oxygen atoms in total. The number of ether oxygens (including phenoxy) is 1. The van der Waals surface area contributed by atoms with Crippen molar-refractivity contribution < 1.29 is 9.53 Å². The minimum atomic E-state index is -0.213. The smallest absolute Gasteiger partial charge is 0.257 e.